The standard InChI is InChI=1S/C13H22N2O5/c1-4-5-10(15-13(18)19-3)11(20-8(2)16)12(17)14-9-6-7-9/h9-11H,4-7H2,1-3H3,(H,14,17)(H,15,18)/t10-,11?/m0/s1. The monoisotopic (exact) mass is 286 g/mol. The van der Waals surface area contributed by atoms with Crippen LogP contribution in [0.5, 0.6) is 0 Å². The predicted octanol–water partition coefficient (Wildman–Crippen LogP) is 0.721. The van der Waals surface area contributed by atoms with Crippen LogP contribution in [0.25, 0.3) is 0 Å². The number of hydrogen-bond donors (Lipinski definition) is 2. The first-order valence-corrected chi connectivity index (χ1v) is 6.80. The third-order valence-electron chi connectivity index (χ3n) is 2.93. The van der Waals surface area contributed by atoms with Gasteiger partial charge >= 0.3 is 12.1 Å². The number of hydrogen-bond acceptors (Lipinski definition) is 5. The van der Waals surface area contributed by atoms with Gasteiger partial charge in [0.05, 0.1) is 13.2 Å². The minimum absolute atomic E-state index is 0.154. The number of carbonyl (C=O) groups excluding carboxylic acids is 3. The molecule has 2 amide bonds. The molecular formula is C13H22N2O5. The first kappa shape index (κ1) is 16.3. The van der Waals surface area contributed by atoms with E-state index in [1.165, 1.54) is 14.0 Å². The lowest BCUT2D eigenvalue weighted by atomic mass is 10.0. The Morgan fingerprint density at radius 1 is 1.30 bits per heavy atom. The average molecular weight is 286 g/mol. The number of esters is 1. The fraction of sp³-hybridized carbons (Fsp3) is 0.769. The number of rotatable bonds is 7. The second-order valence-electron chi connectivity index (χ2n) is 4.84. The van der Waals surface area contributed by atoms with Crippen LogP contribution in [0.2, 0.25) is 0 Å². The summed E-state index contributed by atoms with van der Waals surface area (Å²) in [5.74, 6) is -0.939. The summed E-state index contributed by atoms with van der Waals surface area (Å²) < 4.78 is 9.61. The van der Waals surface area contributed by atoms with Crippen molar-refractivity contribution in [2.75, 3.05) is 7.11 Å². The molecule has 0 aliphatic heterocycles. The van der Waals surface area contributed by atoms with E-state index in [0.29, 0.717) is 6.42 Å². The van der Waals surface area contributed by atoms with E-state index in [4.69, 9.17) is 4.74 Å². The molecule has 1 aliphatic rings. The summed E-state index contributed by atoms with van der Waals surface area (Å²) in [6.45, 7) is 3.15. The number of carbonyl (C=O) groups is 3. The van der Waals surface area contributed by atoms with E-state index in [-0.39, 0.29) is 11.9 Å². The van der Waals surface area contributed by atoms with Gasteiger partial charge in [-0.1, -0.05) is 13.3 Å². The highest BCUT2D eigenvalue weighted by Gasteiger charge is 2.35. The molecule has 7 nitrogen and oxygen atoms in total. The Morgan fingerprint density at radius 2 is 1.95 bits per heavy atom. The summed E-state index contributed by atoms with van der Waals surface area (Å²) in [5, 5.41) is 5.33. The van der Waals surface area contributed by atoms with Crippen LogP contribution in [0.1, 0.15) is 39.5 Å². The highest BCUT2D eigenvalue weighted by molar-refractivity contribution is 5.85. The van der Waals surface area contributed by atoms with Gasteiger partial charge < -0.3 is 20.1 Å². The van der Waals surface area contributed by atoms with Crippen LogP contribution in [-0.2, 0) is 19.1 Å². The quantitative estimate of drug-likeness (QED) is 0.673. The molecule has 0 aromatic rings. The van der Waals surface area contributed by atoms with Crippen LogP contribution >= 0.6 is 0 Å². The molecule has 1 aliphatic carbocycles. The van der Waals surface area contributed by atoms with E-state index in [9.17, 15) is 14.4 Å². The maximum absolute atomic E-state index is 12.1. The molecule has 1 rings (SSSR count). The van der Waals surface area contributed by atoms with E-state index in [0.717, 1.165) is 19.3 Å². The van der Waals surface area contributed by atoms with Gasteiger partial charge in [0.15, 0.2) is 6.10 Å². The lowest BCUT2D eigenvalue weighted by molar-refractivity contribution is -0.155. The predicted molar refractivity (Wildman–Crippen MR) is 71.0 cm³/mol. The van der Waals surface area contributed by atoms with Gasteiger partial charge in [0.2, 0.25) is 0 Å². The van der Waals surface area contributed by atoms with Gasteiger partial charge in [-0.25, -0.2) is 4.79 Å². The molecule has 0 radical (unpaired) electrons. The topological polar surface area (TPSA) is 93.7 Å². The van der Waals surface area contributed by atoms with Gasteiger partial charge in [-0.2, -0.15) is 0 Å². The highest BCUT2D eigenvalue weighted by atomic mass is 16.6. The Bertz CT molecular complexity index is 368. The van der Waals surface area contributed by atoms with Crippen LogP contribution in [0.3, 0.4) is 0 Å². The van der Waals surface area contributed by atoms with E-state index in [1.54, 1.807) is 0 Å². The number of methoxy groups -OCH3 is 1. The summed E-state index contributed by atoms with van der Waals surface area (Å²) in [6, 6.07) is -0.448. The molecule has 2 atom stereocenters. The third-order valence-corrected chi connectivity index (χ3v) is 2.93. The van der Waals surface area contributed by atoms with Crippen LogP contribution in [0.15, 0.2) is 0 Å². The molecule has 114 valence electrons. The maximum atomic E-state index is 12.1. The van der Waals surface area contributed by atoms with Crippen molar-refractivity contribution in [3.8, 4) is 0 Å². The van der Waals surface area contributed by atoms with Crippen LogP contribution in [0, 0.1) is 0 Å². The normalized spacial score (nSPS) is 16.8. The molecule has 2 N–H and O–H groups in total. The highest BCUT2D eigenvalue weighted by Crippen LogP contribution is 2.19. The zero-order valence-electron chi connectivity index (χ0n) is 12.1. The SMILES string of the molecule is CCC[C@H](NC(=O)OC)C(OC(C)=O)C(=O)NC1CC1. The van der Waals surface area contributed by atoms with Crippen molar-refractivity contribution in [3.05, 3.63) is 0 Å². The second kappa shape index (κ2) is 7.72. The van der Waals surface area contributed by atoms with Crippen molar-refractivity contribution in [1.82, 2.24) is 10.6 Å². The largest absolute Gasteiger partial charge is 0.453 e. The number of ether oxygens (including phenoxy) is 2. The molecule has 7 heteroatoms. The summed E-state index contributed by atoms with van der Waals surface area (Å²) in [5.41, 5.74) is 0. The average Bonchev–Trinajstić information content (AvgIpc) is 3.18. The van der Waals surface area contributed by atoms with Crippen molar-refractivity contribution in [2.45, 2.75) is 57.7 Å². The van der Waals surface area contributed by atoms with Crippen molar-refractivity contribution >= 4 is 18.0 Å². The molecule has 0 spiro atoms. The van der Waals surface area contributed by atoms with Crippen molar-refractivity contribution < 1.29 is 23.9 Å². The third kappa shape index (κ3) is 5.46. The van der Waals surface area contributed by atoms with Gasteiger partial charge in [0.25, 0.3) is 5.91 Å². The molecule has 1 saturated carbocycles. The van der Waals surface area contributed by atoms with Gasteiger partial charge in [0.1, 0.15) is 0 Å². The summed E-state index contributed by atoms with van der Waals surface area (Å²) in [4.78, 5) is 34.7. The number of amides is 2. The molecule has 0 aromatic carbocycles. The minimum Gasteiger partial charge on any atom is -0.453 e. The van der Waals surface area contributed by atoms with Crippen LogP contribution in [0.4, 0.5) is 4.79 Å². The van der Waals surface area contributed by atoms with Gasteiger partial charge in [-0.15, -0.1) is 0 Å². The molecule has 20 heavy (non-hydrogen) atoms. The van der Waals surface area contributed by atoms with Crippen molar-refractivity contribution in [1.29, 1.82) is 0 Å². The van der Waals surface area contributed by atoms with Gasteiger partial charge in [0, 0.05) is 13.0 Å². The Labute approximate surface area is 118 Å². The second-order valence-corrected chi connectivity index (χ2v) is 4.84. The first-order valence-electron chi connectivity index (χ1n) is 6.80. The van der Waals surface area contributed by atoms with E-state index >= 15 is 0 Å². The zero-order valence-corrected chi connectivity index (χ0v) is 12.1. The van der Waals surface area contributed by atoms with Crippen molar-refractivity contribution in [3.63, 3.8) is 0 Å². The van der Waals surface area contributed by atoms with E-state index in [2.05, 4.69) is 15.4 Å². The molecule has 0 aromatic heterocycles. The Morgan fingerprint density at radius 3 is 2.40 bits per heavy atom. The smallest absolute Gasteiger partial charge is 0.407 e. The van der Waals surface area contributed by atoms with Crippen molar-refractivity contribution in [2.24, 2.45) is 0 Å². The molecule has 1 fully saturated rings. The van der Waals surface area contributed by atoms with Crippen LogP contribution in [-0.4, -0.2) is 43.3 Å². The Hall–Kier alpha value is -1.79. The van der Waals surface area contributed by atoms with Crippen LogP contribution < -0.4 is 10.6 Å². The number of nitrogens with one attached hydrogen (secondary N) is 2. The summed E-state index contributed by atoms with van der Waals surface area (Å²) in [7, 11) is 1.24. The van der Waals surface area contributed by atoms with E-state index < -0.39 is 24.2 Å². The lowest BCUT2D eigenvalue weighted by Crippen LogP contribution is -2.52. The van der Waals surface area contributed by atoms with E-state index in [1.807, 2.05) is 6.92 Å². The fourth-order valence-electron chi connectivity index (χ4n) is 1.83. The Balaban J connectivity index is 2.75. The summed E-state index contributed by atoms with van der Waals surface area (Å²) in [6.07, 6.45) is 1.41. The Kier molecular flexibility index (Phi) is 6.27. The lowest BCUT2D eigenvalue weighted by Gasteiger charge is -2.26. The molecule has 0 heterocycles. The molecule has 0 bridgehead atoms. The summed E-state index contributed by atoms with van der Waals surface area (Å²) >= 11 is 0. The molecule has 1 unspecified atom stereocenters. The zero-order chi connectivity index (χ0) is 15.1. The number of alkyl carbamates (subject to hydrolysis) is 1. The maximum Gasteiger partial charge on any atom is 0.407 e. The first-order chi connectivity index (χ1) is 9.47. The minimum atomic E-state index is -1.04. The van der Waals surface area contributed by atoms with Gasteiger partial charge in [-0.3, -0.25) is 9.59 Å². The van der Waals surface area contributed by atoms with Gasteiger partial charge in [-0.05, 0) is 19.3 Å². The fourth-order valence-corrected chi connectivity index (χ4v) is 1.83. The molecular weight excluding hydrogens is 264 g/mol. The molecule has 0 saturated heterocycles.